The van der Waals surface area contributed by atoms with E-state index in [9.17, 15) is 4.91 Å². The summed E-state index contributed by atoms with van der Waals surface area (Å²) in [7, 11) is 0. The third-order valence-corrected chi connectivity index (χ3v) is 1.63. The highest BCUT2D eigenvalue weighted by molar-refractivity contribution is 4.67. The first-order valence-corrected chi connectivity index (χ1v) is 3.60. The van der Waals surface area contributed by atoms with Crippen LogP contribution in [0.4, 0.5) is 0 Å². The van der Waals surface area contributed by atoms with Gasteiger partial charge >= 0.3 is 0 Å². The Morgan fingerprint density at radius 1 is 1.80 bits per heavy atom. The molecule has 1 aliphatic heterocycles. The van der Waals surface area contributed by atoms with Gasteiger partial charge in [0.25, 0.3) is 0 Å². The molecule has 1 atom stereocenters. The monoisotopic (exact) mass is 144 g/mol. The summed E-state index contributed by atoms with van der Waals surface area (Å²) in [6.45, 7) is 3.31. The first-order valence-electron chi connectivity index (χ1n) is 3.60. The molecule has 0 aliphatic carbocycles. The fourth-order valence-corrected chi connectivity index (χ4v) is 1.18. The molecule has 1 unspecified atom stereocenters. The molecule has 0 aromatic rings. The second-order valence-corrected chi connectivity index (χ2v) is 2.30. The summed E-state index contributed by atoms with van der Waals surface area (Å²) >= 11 is 0. The van der Waals surface area contributed by atoms with Gasteiger partial charge < -0.3 is 4.74 Å². The van der Waals surface area contributed by atoms with Crippen molar-refractivity contribution in [3.63, 3.8) is 0 Å². The lowest BCUT2D eigenvalue weighted by atomic mass is 10.4. The predicted molar refractivity (Wildman–Crippen MR) is 37.1 cm³/mol. The van der Waals surface area contributed by atoms with Gasteiger partial charge in [0.1, 0.15) is 6.23 Å². The lowest BCUT2D eigenvalue weighted by molar-refractivity contribution is -0.0292. The summed E-state index contributed by atoms with van der Waals surface area (Å²) in [5, 5.41) is 4.31. The predicted octanol–water partition coefficient (Wildman–Crippen LogP) is 1.13. The lowest BCUT2D eigenvalue weighted by Crippen LogP contribution is -2.26. The SMILES string of the molecule is CCOC1CCCN1N=O. The minimum Gasteiger partial charge on any atom is -0.357 e. The van der Waals surface area contributed by atoms with Crippen LogP contribution in [0.15, 0.2) is 5.29 Å². The van der Waals surface area contributed by atoms with Crippen LogP contribution in [-0.4, -0.2) is 24.4 Å². The fraction of sp³-hybridized carbons (Fsp3) is 1.00. The van der Waals surface area contributed by atoms with Crippen LogP contribution in [0, 0.1) is 4.91 Å². The van der Waals surface area contributed by atoms with Crippen molar-refractivity contribution in [1.82, 2.24) is 5.01 Å². The van der Waals surface area contributed by atoms with E-state index in [1.807, 2.05) is 6.92 Å². The minimum absolute atomic E-state index is 0.0532. The minimum atomic E-state index is -0.0532. The molecule has 0 N–H and O–H groups in total. The molecule has 1 saturated heterocycles. The number of nitrogens with zero attached hydrogens (tertiary/aromatic N) is 2. The number of ether oxygens (including phenoxy) is 1. The Hall–Kier alpha value is -0.640. The highest BCUT2D eigenvalue weighted by Crippen LogP contribution is 2.17. The molecule has 0 radical (unpaired) electrons. The van der Waals surface area contributed by atoms with Gasteiger partial charge in [0.05, 0.1) is 5.29 Å². The summed E-state index contributed by atoms with van der Waals surface area (Å²) in [6.07, 6.45) is 1.89. The van der Waals surface area contributed by atoms with Crippen LogP contribution in [0.5, 0.6) is 0 Å². The van der Waals surface area contributed by atoms with Gasteiger partial charge in [-0.25, -0.2) is 5.01 Å². The van der Waals surface area contributed by atoms with E-state index in [4.69, 9.17) is 4.74 Å². The summed E-state index contributed by atoms with van der Waals surface area (Å²) in [5.41, 5.74) is 0. The second-order valence-electron chi connectivity index (χ2n) is 2.30. The van der Waals surface area contributed by atoms with E-state index in [0.29, 0.717) is 6.61 Å². The van der Waals surface area contributed by atoms with Gasteiger partial charge in [0.2, 0.25) is 0 Å². The van der Waals surface area contributed by atoms with Gasteiger partial charge in [0, 0.05) is 13.2 Å². The van der Waals surface area contributed by atoms with E-state index in [1.54, 1.807) is 0 Å². The summed E-state index contributed by atoms with van der Waals surface area (Å²) < 4.78 is 5.24. The molecule has 1 aliphatic rings. The Morgan fingerprint density at radius 3 is 3.20 bits per heavy atom. The van der Waals surface area contributed by atoms with Crippen molar-refractivity contribution < 1.29 is 4.74 Å². The van der Waals surface area contributed by atoms with Crippen molar-refractivity contribution in [3.05, 3.63) is 4.91 Å². The second kappa shape index (κ2) is 3.51. The van der Waals surface area contributed by atoms with Gasteiger partial charge in [-0.15, -0.1) is 4.91 Å². The zero-order valence-electron chi connectivity index (χ0n) is 6.12. The topological polar surface area (TPSA) is 41.9 Å². The quantitative estimate of drug-likeness (QED) is 0.557. The number of nitroso groups, excluding NO2 is 1. The molecule has 10 heavy (non-hydrogen) atoms. The summed E-state index contributed by atoms with van der Waals surface area (Å²) in [6, 6.07) is 0. The molecular weight excluding hydrogens is 132 g/mol. The number of hydrogen-bond acceptors (Lipinski definition) is 3. The van der Waals surface area contributed by atoms with Crippen LogP contribution in [-0.2, 0) is 4.74 Å². The smallest absolute Gasteiger partial charge is 0.148 e. The molecule has 0 saturated carbocycles. The van der Waals surface area contributed by atoms with Gasteiger partial charge in [0.15, 0.2) is 0 Å². The summed E-state index contributed by atoms with van der Waals surface area (Å²) in [4.78, 5) is 10.1. The van der Waals surface area contributed by atoms with Gasteiger partial charge in [-0.1, -0.05) is 0 Å². The van der Waals surface area contributed by atoms with Crippen LogP contribution < -0.4 is 0 Å². The Balaban J connectivity index is 2.34. The maximum atomic E-state index is 10.1. The molecule has 4 heteroatoms. The fourth-order valence-electron chi connectivity index (χ4n) is 1.18. The number of rotatable bonds is 3. The Bertz CT molecular complexity index is 118. The average molecular weight is 144 g/mol. The third kappa shape index (κ3) is 1.44. The van der Waals surface area contributed by atoms with E-state index in [-0.39, 0.29) is 6.23 Å². The molecule has 0 aromatic carbocycles. The Labute approximate surface area is 60.1 Å². The first kappa shape index (κ1) is 7.47. The van der Waals surface area contributed by atoms with Crippen LogP contribution in [0.1, 0.15) is 19.8 Å². The van der Waals surface area contributed by atoms with Gasteiger partial charge in [-0.2, -0.15) is 0 Å². The molecule has 58 valence electrons. The van der Waals surface area contributed by atoms with E-state index in [2.05, 4.69) is 5.29 Å². The zero-order chi connectivity index (χ0) is 7.40. The maximum Gasteiger partial charge on any atom is 0.148 e. The molecular formula is C6H12N2O2. The lowest BCUT2D eigenvalue weighted by Gasteiger charge is -2.16. The van der Waals surface area contributed by atoms with E-state index in [1.165, 1.54) is 5.01 Å². The van der Waals surface area contributed by atoms with E-state index < -0.39 is 0 Å². The zero-order valence-corrected chi connectivity index (χ0v) is 6.12. The van der Waals surface area contributed by atoms with Crippen LogP contribution in [0.3, 0.4) is 0 Å². The van der Waals surface area contributed by atoms with Crippen molar-refractivity contribution in [2.24, 2.45) is 5.29 Å². The third-order valence-electron chi connectivity index (χ3n) is 1.63. The molecule has 0 bridgehead atoms. The van der Waals surface area contributed by atoms with Crippen LogP contribution in [0.25, 0.3) is 0 Å². The highest BCUT2D eigenvalue weighted by atomic mass is 16.5. The van der Waals surface area contributed by atoms with E-state index in [0.717, 1.165) is 19.4 Å². The average Bonchev–Trinajstić information content (AvgIpc) is 2.36. The highest BCUT2D eigenvalue weighted by Gasteiger charge is 2.23. The van der Waals surface area contributed by atoms with Crippen LogP contribution >= 0.6 is 0 Å². The normalized spacial score (nSPS) is 25.3. The van der Waals surface area contributed by atoms with Crippen LogP contribution in [0.2, 0.25) is 0 Å². The molecule has 1 heterocycles. The Morgan fingerprint density at radius 2 is 2.60 bits per heavy atom. The Kier molecular flexibility index (Phi) is 2.62. The molecule has 1 fully saturated rings. The first-order chi connectivity index (χ1) is 4.88. The molecule has 1 rings (SSSR count). The van der Waals surface area contributed by atoms with Crippen molar-refractivity contribution in [1.29, 1.82) is 0 Å². The molecule has 0 spiro atoms. The molecule has 0 aromatic heterocycles. The van der Waals surface area contributed by atoms with E-state index >= 15 is 0 Å². The van der Waals surface area contributed by atoms with Crippen molar-refractivity contribution in [2.45, 2.75) is 26.0 Å². The van der Waals surface area contributed by atoms with Crippen molar-refractivity contribution >= 4 is 0 Å². The largest absolute Gasteiger partial charge is 0.357 e. The molecule has 4 nitrogen and oxygen atoms in total. The summed E-state index contributed by atoms with van der Waals surface area (Å²) in [5.74, 6) is 0. The van der Waals surface area contributed by atoms with Gasteiger partial charge in [-0.05, 0) is 19.8 Å². The maximum absolute atomic E-state index is 10.1. The van der Waals surface area contributed by atoms with Crippen molar-refractivity contribution in [3.8, 4) is 0 Å². The number of hydrogen-bond donors (Lipinski definition) is 0. The standard InChI is InChI=1S/C6H12N2O2/c1-2-10-6-4-3-5-8(6)7-9/h6H,2-5H2,1H3. The van der Waals surface area contributed by atoms with Crippen molar-refractivity contribution in [2.75, 3.05) is 13.2 Å². The van der Waals surface area contributed by atoms with Gasteiger partial charge in [-0.3, -0.25) is 0 Å². The molecule has 0 amide bonds.